The van der Waals surface area contributed by atoms with Crippen molar-refractivity contribution in [3.8, 4) is 0 Å². The Morgan fingerprint density at radius 3 is 2.38 bits per heavy atom. The molecule has 1 rings (SSSR count). The fourth-order valence-corrected chi connectivity index (χ4v) is 1.47. The second kappa shape index (κ2) is 3.93. The molecule has 0 bridgehead atoms. The quantitative estimate of drug-likeness (QED) is 0.531. The number of β-lactam (4-membered cyclic amide) rings is 1. The summed E-state index contributed by atoms with van der Waals surface area (Å²) in [6.45, 7) is 6.98. The van der Waals surface area contributed by atoms with Gasteiger partial charge in [0.25, 0.3) is 5.91 Å². The van der Waals surface area contributed by atoms with Crippen LogP contribution in [0.5, 0.6) is 0 Å². The molecule has 1 saturated heterocycles. The zero-order valence-electron chi connectivity index (χ0n) is 10.2. The number of rotatable bonds is 2. The summed E-state index contributed by atoms with van der Waals surface area (Å²) in [7, 11) is 1.37. The average molecular weight is 230 g/mol. The van der Waals surface area contributed by atoms with E-state index in [2.05, 4.69) is 10.6 Å². The molecule has 0 aromatic rings. The number of amides is 2. The van der Waals surface area contributed by atoms with Gasteiger partial charge in [0.2, 0.25) is 5.72 Å². The van der Waals surface area contributed by atoms with Crippen LogP contribution >= 0.6 is 0 Å². The third kappa shape index (κ3) is 2.27. The molecule has 6 nitrogen and oxygen atoms in total. The molecule has 0 saturated carbocycles. The maximum absolute atomic E-state index is 11.5. The van der Waals surface area contributed by atoms with Crippen LogP contribution in [-0.2, 0) is 14.3 Å². The topological polar surface area (TPSA) is 76.7 Å². The first-order valence-electron chi connectivity index (χ1n) is 5.08. The van der Waals surface area contributed by atoms with Crippen molar-refractivity contribution in [2.75, 3.05) is 7.11 Å². The summed E-state index contributed by atoms with van der Waals surface area (Å²) in [6.07, 6.45) is -0.670. The van der Waals surface area contributed by atoms with E-state index in [1.807, 2.05) is 0 Å². The zero-order valence-corrected chi connectivity index (χ0v) is 10.2. The Kier molecular flexibility index (Phi) is 3.14. The smallest absolute Gasteiger partial charge is 0.410 e. The van der Waals surface area contributed by atoms with E-state index in [1.54, 1.807) is 27.7 Å². The molecule has 0 unspecified atom stereocenters. The van der Waals surface area contributed by atoms with Crippen LogP contribution in [0.3, 0.4) is 0 Å². The minimum atomic E-state index is -1.30. The van der Waals surface area contributed by atoms with E-state index < -0.39 is 17.4 Å². The highest BCUT2D eigenvalue weighted by Gasteiger charge is 2.55. The fourth-order valence-electron chi connectivity index (χ4n) is 1.47. The van der Waals surface area contributed by atoms with Gasteiger partial charge in [-0.15, -0.1) is 0 Å². The van der Waals surface area contributed by atoms with Gasteiger partial charge in [0.1, 0.15) is 5.60 Å². The first-order chi connectivity index (χ1) is 7.21. The standard InChI is InChI=1S/C10H18N2O4/c1-6-10(15-5,7(13)11-6)12-8(14)16-9(2,3)4/h6H,1-5H3,(H,11,13)(H,12,14)/t6-,10+/m0/s1. The Morgan fingerprint density at radius 1 is 1.50 bits per heavy atom. The van der Waals surface area contributed by atoms with E-state index in [9.17, 15) is 9.59 Å². The maximum atomic E-state index is 11.5. The van der Waals surface area contributed by atoms with E-state index in [4.69, 9.17) is 9.47 Å². The SMILES string of the molecule is CO[C@@]1(NC(=O)OC(C)(C)C)C(=O)N[C@H]1C. The van der Waals surface area contributed by atoms with Gasteiger partial charge in [-0.3, -0.25) is 10.1 Å². The van der Waals surface area contributed by atoms with Crippen molar-refractivity contribution in [2.24, 2.45) is 0 Å². The van der Waals surface area contributed by atoms with Crippen molar-refractivity contribution >= 4 is 12.0 Å². The maximum Gasteiger partial charge on any atom is 0.410 e. The molecule has 2 amide bonds. The lowest BCUT2D eigenvalue weighted by Crippen LogP contribution is -2.79. The molecule has 0 spiro atoms. The van der Waals surface area contributed by atoms with Gasteiger partial charge in [-0.25, -0.2) is 4.79 Å². The molecular weight excluding hydrogens is 212 g/mol. The van der Waals surface area contributed by atoms with Gasteiger partial charge in [0, 0.05) is 7.11 Å². The highest BCUT2D eigenvalue weighted by Crippen LogP contribution is 2.22. The number of carbonyl (C=O) groups is 2. The molecule has 0 aromatic carbocycles. The molecule has 1 aliphatic heterocycles. The molecule has 2 atom stereocenters. The molecule has 1 aliphatic rings. The van der Waals surface area contributed by atoms with Crippen molar-refractivity contribution in [2.45, 2.75) is 45.1 Å². The van der Waals surface area contributed by atoms with Crippen LogP contribution in [0.1, 0.15) is 27.7 Å². The molecular formula is C10H18N2O4. The lowest BCUT2D eigenvalue weighted by Gasteiger charge is -2.45. The van der Waals surface area contributed by atoms with E-state index >= 15 is 0 Å². The first kappa shape index (κ1) is 12.8. The molecule has 2 N–H and O–H groups in total. The zero-order chi connectivity index (χ0) is 12.6. The number of alkyl carbamates (subject to hydrolysis) is 1. The summed E-state index contributed by atoms with van der Waals surface area (Å²) < 4.78 is 10.1. The molecule has 0 radical (unpaired) electrons. The lowest BCUT2D eigenvalue weighted by atomic mass is 9.95. The Morgan fingerprint density at radius 2 is 2.06 bits per heavy atom. The van der Waals surface area contributed by atoms with Gasteiger partial charge in [0.05, 0.1) is 6.04 Å². The third-order valence-electron chi connectivity index (χ3n) is 2.30. The Hall–Kier alpha value is -1.30. The number of nitrogens with one attached hydrogen (secondary N) is 2. The van der Waals surface area contributed by atoms with Crippen LogP contribution in [0.25, 0.3) is 0 Å². The van der Waals surface area contributed by atoms with Crippen LogP contribution in [0, 0.1) is 0 Å². The highest BCUT2D eigenvalue weighted by atomic mass is 16.6. The van der Waals surface area contributed by atoms with Gasteiger partial charge in [-0.1, -0.05) is 0 Å². The number of methoxy groups -OCH3 is 1. The Balaban J connectivity index is 2.65. The molecule has 16 heavy (non-hydrogen) atoms. The summed E-state index contributed by atoms with van der Waals surface area (Å²) in [5.41, 5.74) is -1.91. The number of hydrogen-bond acceptors (Lipinski definition) is 4. The van der Waals surface area contributed by atoms with Crippen molar-refractivity contribution in [3.63, 3.8) is 0 Å². The number of hydrogen-bond donors (Lipinski definition) is 2. The van der Waals surface area contributed by atoms with Gasteiger partial charge in [-0.05, 0) is 27.7 Å². The van der Waals surface area contributed by atoms with Crippen molar-refractivity contribution in [1.29, 1.82) is 0 Å². The average Bonchev–Trinajstić information content (AvgIpc) is 2.11. The minimum Gasteiger partial charge on any atom is -0.444 e. The second-order valence-corrected chi connectivity index (χ2v) is 4.76. The van der Waals surface area contributed by atoms with Crippen LogP contribution in [0.4, 0.5) is 4.79 Å². The fraction of sp³-hybridized carbons (Fsp3) is 0.800. The molecule has 1 fully saturated rings. The van der Waals surface area contributed by atoms with Crippen molar-refractivity contribution in [3.05, 3.63) is 0 Å². The Bertz CT molecular complexity index is 310. The summed E-state index contributed by atoms with van der Waals surface area (Å²) >= 11 is 0. The monoisotopic (exact) mass is 230 g/mol. The van der Waals surface area contributed by atoms with Crippen LogP contribution in [-0.4, -0.2) is 36.5 Å². The summed E-state index contributed by atoms with van der Waals surface area (Å²) in [6, 6.07) is -0.280. The minimum absolute atomic E-state index is 0.280. The van der Waals surface area contributed by atoms with Gasteiger partial charge >= 0.3 is 6.09 Å². The molecule has 0 aromatic heterocycles. The lowest BCUT2D eigenvalue weighted by molar-refractivity contribution is -0.171. The van der Waals surface area contributed by atoms with Crippen molar-refractivity contribution < 1.29 is 19.1 Å². The summed E-state index contributed by atoms with van der Waals surface area (Å²) in [4.78, 5) is 22.9. The number of ether oxygens (including phenoxy) is 2. The van der Waals surface area contributed by atoms with Gasteiger partial charge < -0.3 is 14.8 Å². The van der Waals surface area contributed by atoms with E-state index in [0.29, 0.717) is 0 Å². The van der Waals surface area contributed by atoms with Crippen LogP contribution in [0.2, 0.25) is 0 Å². The highest BCUT2D eigenvalue weighted by molar-refractivity contribution is 5.95. The van der Waals surface area contributed by atoms with Gasteiger partial charge in [0.15, 0.2) is 0 Å². The molecule has 1 heterocycles. The van der Waals surface area contributed by atoms with E-state index in [1.165, 1.54) is 7.11 Å². The Labute approximate surface area is 94.7 Å². The summed E-state index contributed by atoms with van der Waals surface area (Å²) in [5, 5.41) is 5.02. The van der Waals surface area contributed by atoms with Gasteiger partial charge in [-0.2, -0.15) is 0 Å². The predicted molar refractivity (Wildman–Crippen MR) is 56.7 cm³/mol. The molecule has 92 valence electrons. The van der Waals surface area contributed by atoms with Crippen LogP contribution in [0.15, 0.2) is 0 Å². The largest absolute Gasteiger partial charge is 0.444 e. The second-order valence-electron chi connectivity index (χ2n) is 4.76. The predicted octanol–water partition coefficient (Wildman–Crippen LogP) is 0.372. The van der Waals surface area contributed by atoms with Crippen LogP contribution < -0.4 is 10.6 Å². The molecule has 0 aliphatic carbocycles. The van der Waals surface area contributed by atoms with E-state index in [0.717, 1.165) is 0 Å². The van der Waals surface area contributed by atoms with E-state index in [-0.39, 0.29) is 11.9 Å². The number of carbonyl (C=O) groups excluding carboxylic acids is 2. The van der Waals surface area contributed by atoms with Crippen molar-refractivity contribution in [1.82, 2.24) is 10.6 Å². The third-order valence-corrected chi connectivity index (χ3v) is 2.30. The molecule has 6 heteroatoms. The summed E-state index contributed by atoms with van der Waals surface area (Å²) in [5.74, 6) is -0.367. The first-order valence-corrected chi connectivity index (χ1v) is 5.08. The normalized spacial score (nSPS) is 29.1.